The number of fused-ring (bicyclic) bond motifs is 2. The van der Waals surface area contributed by atoms with Gasteiger partial charge in [0.05, 0.1) is 0 Å². The fourth-order valence-electron chi connectivity index (χ4n) is 3.34. The van der Waals surface area contributed by atoms with Crippen LogP contribution >= 0.6 is 0 Å². The van der Waals surface area contributed by atoms with E-state index >= 15 is 0 Å². The van der Waals surface area contributed by atoms with Crippen LogP contribution in [0.2, 0.25) is 0 Å². The molecule has 0 heterocycles. The third-order valence-electron chi connectivity index (χ3n) is 4.73. The van der Waals surface area contributed by atoms with E-state index in [1.807, 2.05) is 0 Å². The summed E-state index contributed by atoms with van der Waals surface area (Å²) in [6.45, 7) is 0. The Labute approximate surface area is 200 Å². The summed E-state index contributed by atoms with van der Waals surface area (Å²) < 4.78 is 66.6. The van der Waals surface area contributed by atoms with Crippen molar-refractivity contribution in [3.8, 4) is 11.5 Å². The molecule has 0 radical (unpaired) electrons. The Balaban J connectivity index is 0.00000204. The molecule has 0 fully saturated rings. The smallest absolute Gasteiger partial charge is 0.506 e. The van der Waals surface area contributed by atoms with Gasteiger partial charge in [0, 0.05) is 33.5 Å². The predicted octanol–water partition coefficient (Wildman–Crippen LogP) is 4.42. The average Bonchev–Trinajstić information content (AvgIpc) is 2.72. The number of aromatic hydroxyl groups is 2. The van der Waals surface area contributed by atoms with Crippen molar-refractivity contribution >= 4 is 53.2 Å². The van der Waals surface area contributed by atoms with Crippen LogP contribution in [0.15, 0.2) is 80.7 Å². The number of phenolic OH excluding ortho intramolecular Hbond substituents is 2. The van der Waals surface area contributed by atoms with Crippen molar-refractivity contribution in [2.45, 2.75) is 9.79 Å². The average molecular weight is 527 g/mol. The summed E-state index contributed by atoms with van der Waals surface area (Å²) in [5.41, 5.74) is -0.507. The van der Waals surface area contributed by atoms with E-state index in [1.165, 1.54) is 6.07 Å². The number of hydrogen-bond donors (Lipinski definition) is 4. The Morgan fingerprint density at radius 2 is 1.36 bits per heavy atom. The summed E-state index contributed by atoms with van der Waals surface area (Å²) in [5.74, 6) is -1.05. The van der Waals surface area contributed by atoms with Crippen molar-refractivity contribution in [3.05, 3.63) is 60.7 Å². The van der Waals surface area contributed by atoms with Crippen molar-refractivity contribution in [1.29, 1.82) is 0 Å². The number of hydrogen-bond acceptors (Lipinski definition) is 8. The number of rotatable bonds is 4. The van der Waals surface area contributed by atoms with Gasteiger partial charge in [-0.25, -0.2) is 0 Å². The molecule has 4 aromatic rings. The zero-order valence-corrected chi connectivity index (χ0v) is 19.2. The van der Waals surface area contributed by atoms with Gasteiger partial charge in [-0.05, 0) is 23.6 Å². The van der Waals surface area contributed by atoms with Crippen LogP contribution < -0.4 is 0 Å². The molecule has 0 aliphatic heterocycles. The van der Waals surface area contributed by atoms with Crippen molar-refractivity contribution in [3.63, 3.8) is 0 Å². The molecule has 4 N–H and O–H groups in total. The molecular formula is C20H15CrN2O8S2+. The molecular weight excluding hydrogens is 512 g/mol. The summed E-state index contributed by atoms with van der Waals surface area (Å²) in [4.78, 5) is -1.55. The minimum Gasteiger partial charge on any atom is -0.506 e. The molecule has 13 heteroatoms. The normalized spacial score (nSPS) is 12.3. The molecule has 0 unspecified atom stereocenters. The Hall–Kier alpha value is -3.05. The molecule has 0 amide bonds. The first kappa shape index (κ1) is 24.6. The van der Waals surface area contributed by atoms with Gasteiger partial charge in [0.2, 0.25) is 0 Å². The number of benzene rings is 4. The minimum atomic E-state index is -4.90. The van der Waals surface area contributed by atoms with Crippen molar-refractivity contribution in [2.75, 3.05) is 0 Å². The van der Waals surface area contributed by atoms with Gasteiger partial charge >= 0.3 is 1.43 Å². The first-order valence-electron chi connectivity index (χ1n) is 8.84. The summed E-state index contributed by atoms with van der Waals surface area (Å²) in [7, 11) is -9.78. The van der Waals surface area contributed by atoms with E-state index in [-0.39, 0.29) is 35.6 Å². The van der Waals surface area contributed by atoms with E-state index in [4.69, 9.17) is 0 Å². The molecule has 170 valence electrons. The van der Waals surface area contributed by atoms with E-state index in [0.717, 1.165) is 24.3 Å². The fraction of sp³-hybridized carbons (Fsp3) is 0. The van der Waals surface area contributed by atoms with E-state index in [9.17, 15) is 36.2 Å². The second-order valence-corrected chi connectivity index (χ2v) is 9.51. The summed E-state index contributed by atoms with van der Waals surface area (Å²) in [6.07, 6.45) is 0. The molecule has 4 aromatic carbocycles. The number of azo groups is 1. The first-order chi connectivity index (χ1) is 15.0. The van der Waals surface area contributed by atoms with Gasteiger partial charge in [-0.2, -0.15) is 16.8 Å². The van der Waals surface area contributed by atoms with Crippen molar-refractivity contribution in [1.82, 2.24) is 0 Å². The van der Waals surface area contributed by atoms with Crippen LogP contribution in [0, 0.1) is 0 Å². The Kier molecular flexibility index (Phi) is 6.49. The Bertz CT molecular complexity index is 1660. The van der Waals surface area contributed by atoms with Crippen molar-refractivity contribution in [2.24, 2.45) is 10.2 Å². The van der Waals surface area contributed by atoms with Crippen LogP contribution in [0.25, 0.3) is 21.5 Å². The van der Waals surface area contributed by atoms with Crippen LogP contribution in [0.3, 0.4) is 0 Å². The third kappa shape index (κ3) is 4.55. The maximum atomic E-state index is 11.9. The molecule has 0 saturated carbocycles. The second-order valence-electron chi connectivity index (χ2n) is 6.73. The van der Waals surface area contributed by atoms with Gasteiger partial charge in [-0.3, -0.25) is 9.11 Å². The minimum absolute atomic E-state index is 0. The number of nitrogens with zero attached hydrogens (tertiary/aromatic N) is 2. The molecule has 0 aromatic heterocycles. The third-order valence-corrected chi connectivity index (χ3v) is 6.52. The second kappa shape index (κ2) is 8.71. The van der Waals surface area contributed by atoms with E-state index in [2.05, 4.69) is 10.2 Å². The predicted molar refractivity (Wildman–Crippen MR) is 116 cm³/mol. The monoisotopic (exact) mass is 527 g/mol. The molecule has 0 spiro atoms. The molecule has 0 aliphatic rings. The molecule has 0 atom stereocenters. The van der Waals surface area contributed by atoms with Gasteiger partial charge in [0.25, 0.3) is 20.2 Å². The SMILES string of the molecule is O=S(=O)(O)c1cc(N=Nc2c(O)ccc3ccccc23)c(O)c2c(S(=O)(=O)O)cccc12.[Cr].[H+]. The molecule has 0 bridgehead atoms. The van der Waals surface area contributed by atoms with Gasteiger partial charge < -0.3 is 10.2 Å². The number of phenols is 2. The van der Waals surface area contributed by atoms with E-state index in [1.54, 1.807) is 30.3 Å². The zero-order valence-electron chi connectivity index (χ0n) is 17.3. The summed E-state index contributed by atoms with van der Waals surface area (Å²) >= 11 is 0. The molecule has 4 rings (SSSR count). The molecule has 0 saturated heterocycles. The zero-order chi connectivity index (χ0) is 23.3. The summed E-state index contributed by atoms with van der Waals surface area (Å²) in [6, 6.07) is 13.9. The standard InChI is InChI=1S/C20H14N2O8S2.Cr/c23-15-9-8-11-4-1-2-5-12(11)19(15)22-21-14-10-17(32(28,29)30)13-6-3-7-16(31(25,26)27)18(13)20(14)24;/h1-10,23-24H,(H,25,26,27)(H,28,29,30);/p+1. The maximum absolute atomic E-state index is 11.9. The van der Waals surface area contributed by atoms with Crippen LogP contribution in [0.1, 0.15) is 1.43 Å². The van der Waals surface area contributed by atoms with Gasteiger partial charge in [0.1, 0.15) is 26.9 Å². The van der Waals surface area contributed by atoms with E-state index in [0.29, 0.717) is 10.8 Å². The van der Waals surface area contributed by atoms with Crippen molar-refractivity contribution < 1.29 is 54.9 Å². The fourth-order valence-corrected chi connectivity index (χ4v) is 4.76. The maximum Gasteiger partial charge on any atom is 1.00 e. The van der Waals surface area contributed by atoms with E-state index < -0.39 is 46.9 Å². The quantitative estimate of drug-likeness (QED) is 0.223. The van der Waals surface area contributed by atoms with Gasteiger partial charge in [0.15, 0.2) is 5.75 Å². The van der Waals surface area contributed by atoms with Crippen LogP contribution in [-0.2, 0) is 37.6 Å². The van der Waals surface area contributed by atoms with Crippen LogP contribution in [0.5, 0.6) is 11.5 Å². The largest absolute Gasteiger partial charge is 1.00 e. The van der Waals surface area contributed by atoms with Gasteiger partial charge in [-0.15, -0.1) is 10.2 Å². The molecule has 33 heavy (non-hydrogen) atoms. The molecule has 0 aliphatic carbocycles. The van der Waals surface area contributed by atoms with Crippen LogP contribution in [-0.4, -0.2) is 36.2 Å². The first-order valence-corrected chi connectivity index (χ1v) is 11.7. The van der Waals surface area contributed by atoms with Crippen LogP contribution in [0.4, 0.5) is 11.4 Å². The Morgan fingerprint density at radius 1 is 0.727 bits per heavy atom. The Morgan fingerprint density at radius 3 is 2.03 bits per heavy atom. The van der Waals surface area contributed by atoms with Gasteiger partial charge in [-0.1, -0.05) is 42.5 Å². The topological polar surface area (TPSA) is 174 Å². The molecule has 10 nitrogen and oxygen atoms in total. The summed E-state index contributed by atoms with van der Waals surface area (Å²) in [5, 5.41) is 28.9.